The molecular weight excluding hydrogens is 430 g/mol. The fourth-order valence-electron chi connectivity index (χ4n) is 4.67. The van der Waals surface area contributed by atoms with Crippen molar-refractivity contribution < 1.29 is 9.32 Å². The van der Waals surface area contributed by atoms with Crippen molar-refractivity contribution in [1.82, 2.24) is 24.9 Å². The molecule has 0 saturated carbocycles. The van der Waals surface area contributed by atoms with Crippen molar-refractivity contribution in [2.24, 2.45) is 0 Å². The molecule has 34 heavy (non-hydrogen) atoms. The third kappa shape index (κ3) is 4.67. The highest BCUT2D eigenvalue weighted by atomic mass is 16.5. The minimum atomic E-state index is -0.598. The zero-order valence-electron chi connectivity index (χ0n) is 18.6. The molecule has 1 aliphatic heterocycles. The first-order valence-electron chi connectivity index (χ1n) is 11.3. The van der Waals surface area contributed by atoms with E-state index in [1.807, 2.05) is 41.3 Å². The summed E-state index contributed by atoms with van der Waals surface area (Å²) in [7, 11) is 0. The van der Waals surface area contributed by atoms with Crippen LogP contribution in [-0.4, -0.2) is 56.5 Å². The van der Waals surface area contributed by atoms with E-state index in [0.717, 1.165) is 0 Å². The highest BCUT2D eigenvalue weighted by Crippen LogP contribution is 2.31. The lowest BCUT2D eigenvalue weighted by atomic mass is 9.94. The van der Waals surface area contributed by atoms with E-state index in [2.05, 4.69) is 44.3 Å². The van der Waals surface area contributed by atoms with Crippen molar-refractivity contribution in [3.63, 3.8) is 0 Å². The van der Waals surface area contributed by atoms with Gasteiger partial charge in [-0.05, 0) is 23.3 Å². The van der Waals surface area contributed by atoms with E-state index in [0.29, 0.717) is 37.4 Å². The molecule has 1 saturated heterocycles. The van der Waals surface area contributed by atoms with Crippen LogP contribution in [0.1, 0.15) is 33.4 Å². The van der Waals surface area contributed by atoms with Crippen LogP contribution in [0.15, 0.2) is 94.5 Å². The molecule has 0 spiro atoms. The van der Waals surface area contributed by atoms with Gasteiger partial charge in [0.25, 0.3) is 5.91 Å². The van der Waals surface area contributed by atoms with Crippen LogP contribution in [0.2, 0.25) is 0 Å². The Hall–Kier alpha value is -4.04. The van der Waals surface area contributed by atoms with Crippen LogP contribution < -0.4 is 5.76 Å². The number of piperazine rings is 1. The van der Waals surface area contributed by atoms with Gasteiger partial charge < -0.3 is 4.90 Å². The van der Waals surface area contributed by atoms with Crippen LogP contribution in [0.4, 0.5) is 0 Å². The quantitative estimate of drug-likeness (QED) is 0.480. The third-order valence-electron chi connectivity index (χ3n) is 6.19. The van der Waals surface area contributed by atoms with E-state index < -0.39 is 5.76 Å². The summed E-state index contributed by atoms with van der Waals surface area (Å²) in [5, 5.41) is 3.85. The number of aromatic nitrogens is 3. The summed E-state index contributed by atoms with van der Waals surface area (Å²) in [5.74, 6) is -0.254. The number of nitrogens with zero attached hydrogens (tertiary/aromatic N) is 4. The summed E-state index contributed by atoms with van der Waals surface area (Å²) in [6.45, 7) is 1.85. The van der Waals surface area contributed by atoms with Crippen LogP contribution in [0, 0.1) is 0 Å². The standard InChI is InChI=1S/C26H25N5O3/c32-25(21-12-7-13-27-17-21)31-15-14-30(18-22(31)16-23-28-26(33)34-29-23)24(19-8-3-1-4-9-19)20-10-5-2-6-11-20/h1-13,17,22,24H,14-16,18H2,(H,28,29,33)/t22-/m0/s1. The second-order valence-electron chi connectivity index (χ2n) is 8.36. The van der Waals surface area contributed by atoms with Crippen molar-refractivity contribution in [1.29, 1.82) is 0 Å². The molecule has 2 aromatic heterocycles. The van der Waals surface area contributed by atoms with E-state index in [4.69, 9.17) is 4.52 Å². The zero-order chi connectivity index (χ0) is 23.3. The second kappa shape index (κ2) is 9.84. The molecule has 1 amide bonds. The van der Waals surface area contributed by atoms with Gasteiger partial charge in [-0.15, -0.1) is 0 Å². The minimum Gasteiger partial charge on any atom is -0.333 e. The Kier molecular flexibility index (Phi) is 6.31. The van der Waals surface area contributed by atoms with Crippen LogP contribution in [0.3, 0.4) is 0 Å². The van der Waals surface area contributed by atoms with E-state index in [1.165, 1.54) is 11.1 Å². The van der Waals surface area contributed by atoms with Crippen molar-refractivity contribution in [3.8, 4) is 0 Å². The molecular formula is C26H25N5O3. The van der Waals surface area contributed by atoms with Crippen molar-refractivity contribution in [3.05, 3.63) is 118 Å². The molecule has 1 atom stereocenters. The van der Waals surface area contributed by atoms with Gasteiger partial charge in [0.05, 0.1) is 17.6 Å². The summed E-state index contributed by atoms with van der Waals surface area (Å²) < 4.78 is 4.71. The van der Waals surface area contributed by atoms with Crippen LogP contribution in [0.5, 0.6) is 0 Å². The van der Waals surface area contributed by atoms with Crippen LogP contribution in [0.25, 0.3) is 0 Å². The number of hydrogen-bond acceptors (Lipinski definition) is 6. The van der Waals surface area contributed by atoms with Gasteiger partial charge in [0.1, 0.15) is 0 Å². The number of pyridine rings is 1. The normalized spacial score (nSPS) is 16.6. The molecule has 5 rings (SSSR count). The maximum atomic E-state index is 13.4. The Morgan fingerprint density at radius 3 is 2.29 bits per heavy atom. The number of carbonyl (C=O) groups excluding carboxylic acids is 1. The van der Waals surface area contributed by atoms with Gasteiger partial charge in [-0.1, -0.05) is 65.8 Å². The highest BCUT2D eigenvalue weighted by molar-refractivity contribution is 5.94. The molecule has 8 nitrogen and oxygen atoms in total. The number of amides is 1. The number of nitrogens with one attached hydrogen (secondary N) is 1. The molecule has 1 fully saturated rings. The van der Waals surface area contributed by atoms with Gasteiger partial charge in [0.2, 0.25) is 0 Å². The number of rotatable bonds is 6. The lowest BCUT2D eigenvalue weighted by Gasteiger charge is -2.44. The van der Waals surface area contributed by atoms with Crippen molar-refractivity contribution >= 4 is 5.91 Å². The Bertz CT molecular complexity index is 1230. The molecule has 0 bridgehead atoms. The van der Waals surface area contributed by atoms with Gasteiger partial charge in [-0.25, -0.2) is 4.79 Å². The molecule has 172 valence electrons. The maximum absolute atomic E-state index is 13.4. The van der Waals surface area contributed by atoms with Gasteiger partial charge in [-0.3, -0.25) is 24.2 Å². The number of aromatic amines is 1. The molecule has 0 unspecified atom stereocenters. The Morgan fingerprint density at radius 2 is 1.71 bits per heavy atom. The zero-order valence-corrected chi connectivity index (χ0v) is 18.6. The molecule has 8 heteroatoms. The predicted octanol–water partition coefficient (Wildman–Crippen LogP) is 2.92. The highest BCUT2D eigenvalue weighted by Gasteiger charge is 2.35. The Morgan fingerprint density at radius 1 is 1.00 bits per heavy atom. The van der Waals surface area contributed by atoms with Gasteiger partial charge >= 0.3 is 5.76 Å². The fourth-order valence-corrected chi connectivity index (χ4v) is 4.67. The SMILES string of the molecule is O=C(c1cccnc1)N1CCN(C(c2ccccc2)c2ccccc2)C[C@@H]1Cc1noc(=O)[nH]1. The van der Waals surface area contributed by atoms with Gasteiger partial charge in [0, 0.05) is 38.4 Å². The lowest BCUT2D eigenvalue weighted by molar-refractivity contribution is 0.0383. The summed E-state index contributed by atoms with van der Waals surface area (Å²) in [5.41, 5.74) is 2.92. The van der Waals surface area contributed by atoms with E-state index >= 15 is 0 Å². The molecule has 4 aromatic rings. The van der Waals surface area contributed by atoms with E-state index in [1.54, 1.807) is 24.5 Å². The number of H-pyrrole nitrogens is 1. The first-order valence-corrected chi connectivity index (χ1v) is 11.3. The molecule has 1 N–H and O–H groups in total. The average Bonchev–Trinajstić information content (AvgIpc) is 3.30. The number of carbonyl (C=O) groups is 1. The summed E-state index contributed by atoms with van der Waals surface area (Å²) >= 11 is 0. The van der Waals surface area contributed by atoms with Gasteiger partial charge in [-0.2, -0.15) is 0 Å². The number of benzene rings is 2. The fraction of sp³-hybridized carbons (Fsp3) is 0.231. The van der Waals surface area contributed by atoms with Crippen molar-refractivity contribution in [2.75, 3.05) is 19.6 Å². The largest absolute Gasteiger partial charge is 0.438 e. The minimum absolute atomic E-state index is 0.0388. The van der Waals surface area contributed by atoms with Gasteiger partial charge in [0.15, 0.2) is 5.82 Å². The summed E-state index contributed by atoms with van der Waals surface area (Å²) in [4.78, 5) is 35.9. The van der Waals surface area contributed by atoms with E-state index in [9.17, 15) is 9.59 Å². The average molecular weight is 456 g/mol. The smallest absolute Gasteiger partial charge is 0.333 e. The predicted molar refractivity (Wildman–Crippen MR) is 126 cm³/mol. The first-order chi connectivity index (χ1) is 16.7. The van der Waals surface area contributed by atoms with Crippen LogP contribution in [-0.2, 0) is 6.42 Å². The first kappa shape index (κ1) is 21.8. The Balaban J connectivity index is 1.47. The summed E-state index contributed by atoms with van der Waals surface area (Å²) in [6.07, 6.45) is 3.61. The molecule has 1 aliphatic rings. The lowest BCUT2D eigenvalue weighted by Crippen LogP contribution is -2.56. The second-order valence-corrected chi connectivity index (χ2v) is 8.36. The summed E-state index contributed by atoms with van der Waals surface area (Å²) in [6, 6.07) is 24.1. The topological polar surface area (TPSA) is 95.3 Å². The maximum Gasteiger partial charge on any atom is 0.438 e. The van der Waals surface area contributed by atoms with E-state index in [-0.39, 0.29) is 18.0 Å². The number of hydrogen-bond donors (Lipinski definition) is 1. The monoisotopic (exact) mass is 455 g/mol. The molecule has 0 aliphatic carbocycles. The molecule has 2 aromatic carbocycles. The Labute approximate surface area is 196 Å². The molecule has 3 heterocycles. The molecule has 0 radical (unpaired) electrons. The van der Waals surface area contributed by atoms with Crippen molar-refractivity contribution in [2.45, 2.75) is 18.5 Å². The van der Waals surface area contributed by atoms with Crippen LogP contribution >= 0.6 is 0 Å². The third-order valence-corrected chi connectivity index (χ3v) is 6.19.